The van der Waals surface area contributed by atoms with Gasteiger partial charge in [-0.05, 0) is 27.5 Å². The molecule has 0 amide bonds. The molecule has 0 radical (unpaired) electrons. The molecule has 0 fully saturated rings. The SMILES string of the molecule is CN(C)c1nc(Cl)nc(-c2c(Br)nnn2C)n1. The topological polar surface area (TPSA) is 72.6 Å². The van der Waals surface area contributed by atoms with E-state index in [-0.39, 0.29) is 5.28 Å². The van der Waals surface area contributed by atoms with Crippen molar-refractivity contribution in [3.63, 3.8) is 0 Å². The molecular formula is C8H9BrClN7. The van der Waals surface area contributed by atoms with Crippen molar-refractivity contribution >= 4 is 33.5 Å². The largest absolute Gasteiger partial charge is 0.347 e. The van der Waals surface area contributed by atoms with Crippen LogP contribution in [0.5, 0.6) is 0 Å². The fourth-order valence-electron chi connectivity index (χ4n) is 1.21. The smallest absolute Gasteiger partial charge is 0.229 e. The lowest BCUT2D eigenvalue weighted by atomic mass is 10.4. The summed E-state index contributed by atoms with van der Waals surface area (Å²) in [5.74, 6) is 0.904. The zero-order valence-corrected chi connectivity index (χ0v) is 11.7. The first-order valence-corrected chi connectivity index (χ1v) is 5.80. The Morgan fingerprint density at radius 1 is 1.24 bits per heavy atom. The van der Waals surface area contributed by atoms with Crippen LogP contribution < -0.4 is 4.90 Å². The number of anilines is 1. The van der Waals surface area contributed by atoms with E-state index in [9.17, 15) is 0 Å². The quantitative estimate of drug-likeness (QED) is 0.827. The summed E-state index contributed by atoms with van der Waals surface area (Å²) in [6.07, 6.45) is 0. The minimum atomic E-state index is 0.131. The Bertz CT molecular complexity index is 533. The van der Waals surface area contributed by atoms with Gasteiger partial charge in [0.2, 0.25) is 11.2 Å². The van der Waals surface area contributed by atoms with Gasteiger partial charge >= 0.3 is 0 Å². The van der Waals surface area contributed by atoms with E-state index in [2.05, 4.69) is 41.2 Å². The summed E-state index contributed by atoms with van der Waals surface area (Å²) in [6.45, 7) is 0. The maximum Gasteiger partial charge on any atom is 0.229 e. The molecule has 0 aliphatic rings. The summed E-state index contributed by atoms with van der Waals surface area (Å²) in [6, 6.07) is 0. The number of nitrogens with zero attached hydrogens (tertiary/aromatic N) is 7. The van der Waals surface area contributed by atoms with E-state index in [1.165, 1.54) is 0 Å². The Hall–Kier alpha value is -1.28. The summed E-state index contributed by atoms with van der Waals surface area (Å²) >= 11 is 9.15. The molecule has 0 N–H and O–H groups in total. The normalized spacial score (nSPS) is 10.6. The molecule has 0 aliphatic heterocycles. The van der Waals surface area contributed by atoms with Crippen molar-refractivity contribution in [1.82, 2.24) is 29.9 Å². The van der Waals surface area contributed by atoms with Crippen LogP contribution in [0.1, 0.15) is 0 Å². The summed E-state index contributed by atoms with van der Waals surface area (Å²) in [5, 5.41) is 7.86. The van der Waals surface area contributed by atoms with Crippen molar-refractivity contribution in [1.29, 1.82) is 0 Å². The Morgan fingerprint density at radius 3 is 2.47 bits per heavy atom. The highest BCUT2D eigenvalue weighted by Gasteiger charge is 2.16. The van der Waals surface area contributed by atoms with E-state index in [1.54, 1.807) is 16.6 Å². The molecule has 90 valence electrons. The summed E-state index contributed by atoms with van der Waals surface area (Å²) in [7, 11) is 5.40. The third kappa shape index (κ3) is 2.37. The number of hydrogen-bond acceptors (Lipinski definition) is 6. The van der Waals surface area contributed by atoms with Crippen molar-refractivity contribution in [2.45, 2.75) is 0 Å². The lowest BCUT2D eigenvalue weighted by molar-refractivity contribution is 0.716. The average Bonchev–Trinajstić information content (AvgIpc) is 2.57. The van der Waals surface area contributed by atoms with Gasteiger partial charge in [0.05, 0.1) is 0 Å². The van der Waals surface area contributed by atoms with E-state index < -0.39 is 0 Å². The second-order valence-electron chi connectivity index (χ2n) is 3.47. The van der Waals surface area contributed by atoms with E-state index >= 15 is 0 Å². The molecule has 0 bridgehead atoms. The highest BCUT2D eigenvalue weighted by molar-refractivity contribution is 9.10. The molecule has 2 aromatic heterocycles. The van der Waals surface area contributed by atoms with Gasteiger partial charge in [-0.2, -0.15) is 15.0 Å². The minimum absolute atomic E-state index is 0.131. The first kappa shape index (κ1) is 12.2. The standard InChI is InChI=1S/C8H9BrClN7/c1-16(2)8-12-6(11-7(10)13-8)4-5(9)14-15-17(4)3/h1-3H3. The molecule has 17 heavy (non-hydrogen) atoms. The molecule has 0 saturated carbocycles. The van der Waals surface area contributed by atoms with Crippen LogP contribution in [-0.4, -0.2) is 44.0 Å². The first-order chi connectivity index (χ1) is 7.99. The van der Waals surface area contributed by atoms with Gasteiger partial charge in [-0.25, -0.2) is 4.68 Å². The van der Waals surface area contributed by atoms with Gasteiger partial charge in [-0.3, -0.25) is 0 Å². The Morgan fingerprint density at radius 2 is 1.94 bits per heavy atom. The van der Waals surface area contributed by atoms with Crippen molar-refractivity contribution in [2.75, 3.05) is 19.0 Å². The van der Waals surface area contributed by atoms with E-state index in [0.29, 0.717) is 22.1 Å². The van der Waals surface area contributed by atoms with Crippen LogP contribution in [-0.2, 0) is 7.05 Å². The predicted octanol–water partition coefficient (Wildman–Crippen LogP) is 1.15. The maximum atomic E-state index is 5.86. The van der Waals surface area contributed by atoms with Gasteiger partial charge in [0.25, 0.3) is 0 Å². The average molecular weight is 319 g/mol. The van der Waals surface area contributed by atoms with Crippen molar-refractivity contribution < 1.29 is 0 Å². The number of aromatic nitrogens is 6. The number of rotatable bonds is 2. The molecule has 0 spiro atoms. The Balaban J connectivity index is 2.60. The molecular weight excluding hydrogens is 309 g/mol. The highest BCUT2D eigenvalue weighted by atomic mass is 79.9. The van der Waals surface area contributed by atoms with Gasteiger partial charge in [-0.15, -0.1) is 5.10 Å². The molecule has 0 unspecified atom stereocenters. The van der Waals surface area contributed by atoms with Crippen molar-refractivity contribution in [3.8, 4) is 11.5 Å². The second-order valence-corrected chi connectivity index (χ2v) is 4.56. The zero-order chi connectivity index (χ0) is 12.6. The van der Waals surface area contributed by atoms with Crippen LogP contribution in [0.25, 0.3) is 11.5 Å². The molecule has 9 heteroatoms. The van der Waals surface area contributed by atoms with E-state index in [4.69, 9.17) is 11.6 Å². The van der Waals surface area contributed by atoms with Crippen LogP contribution in [0.3, 0.4) is 0 Å². The molecule has 2 heterocycles. The van der Waals surface area contributed by atoms with Gasteiger partial charge in [0.15, 0.2) is 10.4 Å². The molecule has 2 rings (SSSR count). The third-order valence-corrected chi connectivity index (χ3v) is 2.70. The number of hydrogen-bond donors (Lipinski definition) is 0. The minimum Gasteiger partial charge on any atom is -0.347 e. The fourth-order valence-corrected chi connectivity index (χ4v) is 1.87. The van der Waals surface area contributed by atoms with E-state index in [1.807, 2.05) is 14.1 Å². The summed E-state index contributed by atoms with van der Waals surface area (Å²) < 4.78 is 2.13. The summed E-state index contributed by atoms with van der Waals surface area (Å²) in [4.78, 5) is 14.1. The number of aryl methyl sites for hydroxylation is 1. The van der Waals surface area contributed by atoms with Crippen LogP contribution >= 0.6 is 27.5 Å². The molecule has 0 atom stereocenters. The van der Waals surface area contributed by atoms with E-state index in [0.717, 1.165) is 0 Å². The van der Waals surface area contributed by atoms with Crippen LogP contribution in [0.4, 0.5) is 5.95 Å². The van der Waals surface area contributed by atoms with Gasteiger partial charge in [0.1, 0.15) is 5.69 Å². The highest BCUT2D eigenvalue weighted by Crippen LogP contribution is 2.24. The fraction of sp³-hybridized carbons (Fsp3) is 0.375. The lowest BCUT2D eigenvalue weighted by Crippen LogP contribution is -2.14. The predicted molar refractivity (Wildman–Crippen MR) is 66.9 cm³/mol. The van der Waals surface area contributed by atoms with Crippen molar-refractivity contribution in [3.05, 3.63) is 9.89 Å². The molecule has 0 saturated heterocycles. The molecule has 0 aliphatic carbocycles. The van der Waals surface area contributed by atoms with Crippen LogP contribution in [0.2, 0.25) is 5.28 Å². The zero-order valence-electron chi connectivity index (χ0n) is 9.39. The molecule has 0 aromatic carbocycles. The number of halogens is 2. The van der Waals surface area contributed by atoms with Gasteiger partial charge in [-0.1, -0.05) is 5.21 Å². The monoisotopic (exact) mass is 317 g/mol. The Kier molecular flexibility index (Phi) is 3.25. The first-order valence-electron chi connectivity index (χ1n) is 4.63. The van der Waals surface area contributed by atoms with Crippen LogP contribution in [0, 0.1) is 0 Å². The summed E-state index contributed by atoms with van der Waals surface area (Å²) in [5.41, 5.74) is 0.650. The Labute approximate surface area is 111 Å². The molecule has 2 aromatic rings. The van der Waals surface area contributed by atoms with Gasteiger partial charge < -0.3 is 4.90 Å². The van der Waals surface area contributed by atoms with Crippen molar-refractivity contribution in [2.24, 2.45) is 7.05 Å². The third-order valence-electron chi connectivity index (χ3n) is 1.99. The molecule has 7 nitrogen and oxygen atoms in total. The second kappa shape index (κ2) is 4.53. The van der Waals surface area contributed by atoms with Crippen LogP contribution in [0.15, 0.2) is 4.60 Å². The maximum absolute atomic E-state index is 5.86. The lowest BCUT2D eigenvalue weighted by Gasteiger charge is -2.10. The van der Waals surface area contributed by atoms with Gasteiger partial charge in [0, 0.05) is 21.1 Å².